The van der Waals surface area contributed by atoms with E-state index < -0.39 is 17.1 Å². The van der Waals surface area contributed by atoms with Crippen molar-refractivity contribution in [2.24, 2.45) is 0 Å². The second kappa shape index (κ2) is 8.57. The summed E-state index contributed by atoms with van der Waals surface area (Å²) in [5.74, 6) is -0.570. The molecule has 0 saturated carbocycles. The molecular weight excluding hydrogens is 428 g/mol. The number of nitrogens with one attached hydrogen (secondary N) is 1. The minimum atomic E-state index is -1.83. The first-order valence-electron chi connectivity index (χ1n) is 10.9. The van der Waals surface area contributed by atoms with Crippen LogP contribution in [-0.4, -0.2) is 16.2 Å². The first-order valence-corrected chi connectivity index (χ1v) is 10.9. The van der Waals surface area contributed by atoms with Gasteiger partial charge in [0, 0.05) is 17.5 Å². The fraction of sp³-hybridized carbons (Fsp3) is 0.107. The third-order valence-corrected chi connectivity index (χ3v) is 6.11. The van der Waals surface area contributed by atoms with Gasteiger partial charge in [-0.3, -0.25) is 4.79 Å². The van der Waals surface area contributed by atoms with Gasteiger partial charge in [-0.15, -0.1) is 0 Å². The summed E-state index contributed by atoms with van der Waals surface area (Å²) in [6.45, 7) is 1.72. The van der Waals surface area contributed by atoms with Crippen LogP contribution >= 0.6 is 0 Å². The summed E-state index contributed by atoms with van der Waals surface area (Å²) < 4.78 is 4.77. The lowest BCUT2D eigenvalue weighted by atomic mass is 9.84. The maximum absolute atomic E-state index is 13.6. The average molecular weight is 450 g/mol. The first kappa shape index (κ1) is 21.6. The zero-order chi connectivity index (χ0) is 23.7. The Kier molecular flexibility index (Phi) is 5.43. The van der Waals surface area contributed by atoms with E-state index in [0.29, 0.717) is 27.7 Å². The van der Waals surface area contributed by atoms with Gasteiger partial charge in [-0.05, 0) is 47.0 Å². The standard InChI is InChI=1S/C28H22N2O4/c1-18-25-16-22(14-15-24(25)26(31)34-30-18)29-27(32)28(33,21-11-3-2-4-12-21)17-20-10-7-9-19-8-5-6-13-23(19)20/h2-16,33H,17H2,1H3,(H,29,32). The van der Waals surface area contributed by atoms with Crippen LogP contribution in [0.25, 0.3) is 21.5 Å². The van der Waals surface area contributed by atoms with E-state index in [1.165, 1.54) is 0 Å². The van der Waals surface area contributed by atoms with E-state index in [4.69, 9.17) is 4.52 Å². The summed E-state index contributed by atoms with van der Waals surface area (Å²) in [7, 11) is 0. The lowest BCUT2D eigenvalue weighted by Crippen LogP contribution is -2.42. The molecule has 0 radical (unpaired) electrons. The molecule has 5 aromatic rings. The molecule has 0 bridgehead atoms. The van der Waals surface area contributed by atoms with E-state index in [-0.39, 0.29) is 6.42 Å². The van der Waals surface area contributed by atoms with Crippen LogP contribution in [0.4, 0.5) is 5.69 Å². The Hall–Kier alpha value is -4.29. The molecule has 0 spiro atoms. The third-order valence-electron chi connectivity index (χ3n) is 6.11. The SMILES string of the molecule is Cc1noc(=O)c2ccc(NC(=O)C(O)(Cc3cccc4ccccc34)c3ccccc3)cc12. The van der Waals surface area contributed by atoms with Crippen LogP contribution in [-0.2, 0) is 16.8 Å². The first-order chi connectivity index (χ1) is 16.5. The predicted molar refractivity (Wildman–Crippen MR) is 132 cm³/mol. The molecule has 1 unspecified atom stereocenters. The van der Waals surface area contributed by atoms with Gasteiger partial charge in [-0.1, -0.05) is 78.0 Å². The monoisotopic (exact) mass is 450 g/mol. The number of carbonyl (C=O) groups excluding carboxylic acids is 1. The van der Waals surface area contributed by atoms with E-state index in [0.717, 1.165) is 16.3 Å². The Morgan fingerprint density at radius 1 is 0.912 bits per heavy atom. The predicted octanol–water partition coefficient (Wildman–Crippen LogP) is 4.72. The second-order valence-electron chi connectivity index (χ2n) is 8.31. The average Bonchev–Trinajstić information content (AvgIpc) is 2.87. The van der Waals surface area contributed by atoms with Crippen LogP contribution in [0, 0.1) is 6.92 Å². The van der Waals surface area contributed by atoms with Crippen LogP contribution in [0.1, 0.15) is 16.8 Å². The maximum Gasteiger partial charge on any atom is 0.366 e. The smallest absolute Gasteiger partial charge is 0.366 e. The molecule has 1 aromatic heterocycles. The number of anilines is 1. The number of amides is 1. The molecule has 0 aliphatic heterocycles. The largest absolute Gasteiger partial charge is 0.375 e. The molecule has 4 aromatic carbocycles. The molecular formula is C28H22N2O4. The van der Waals surface area contributed by atoms with E-state index in [1.54, 1.807) is 49.4 Å². The minimum Gasteiger partial charge on any atom is -0.375 e. The Labute approximate surface area is 195 Å². The molecule has 1 heterocycles. The topological polar surface area (TPSA) is 92.4 Å². The summed E-state index contributed by atoms with van der Waals surface area (Å²) in [5, 5.41) is 21.4. The fourth-order valence-electron chi connectivity index (χ4n) is 4.29. The van der Waals surface area contributed by atoms with Gasteiger partial charge in [0.25, 0.3) is 5.91 Å². The molecule has 168 valence electrons. The fourth-order valence-corrected chi connectivity index (χ4v) is 4.29. The Balaban J connectivity index is 1.56. The molecule has 2 N–H and O–H groups in total. The normalized spacial score (nSPS) is 13.0. The third kappa shape index (κ3) is 3.84. The Bertz CT molecular complexity index is 1570. The molecule has 5 rings (SSSR count). The van der Waals surface area contributed by atoms with Crippen LogP contribution in [0.2, 0.25) is 0 Å². The molecule has 6 heteroatoms. The number of hydrogen-bond acceptors (Lipinski definition) is 5. The van der Waals surface area contributed by atoms with Gasteiger partial charge in [0.05, 0.1) is 11.1 Å². The zero-order valence-electron chi connectivity index (χ0n) is 18.5. The summed E-state index contributed by atoms with van der Waals surface area (Å²) >= 11 is 0. The van der Waals surface area contributed by atoms with Crippen LogP contribution in [0.5, 0.6) is 0 Å². The number of hydrogen-bond donors (Lipinski definition) is 2. The molecule has 0 saturated heterocycles. The van der Waals surface area contributed by atoms with Crippen molar-refractivity contribution in [3.63, 3.8) is 0 Å². The molecule has 0 fully saturated rings. The van der Waals surface area contributed by atoms with E-state index >= 15 is 0 Å². The minimum absolute atomic E-state index is 0.0853. The number of benzene rings is 4. The van der Waals surface area contributed by atoms with Gasteiger partial charge >= 0.3 is 5.63 Å². The lowest BCUT2D eigenvalue weighted by Gasteiger charge is -2.28. The van der Waals surface area contributed by atoms with Gasteiger partial charge in [0.15, 0.2) is 5.60 Å². The van der Waals surface area contributed by atoms with Gasteiger partial charge in [0.2, 0.25) is 0 Å². The number of fused-ring (bicyclic) bond motifs is 2. The van der Waals surface area contributed by atoms with Crippen LogP contribution in [0.3, 0.4) is 0 Å². The van der Waals surface area contributed by atoms with Crippen molar-refractivity contribution in [2.75, 3.05) is 5.32 Å². The van der Waals surface area contributed by atoms with Crippen molar-refractivity contribution >= 4 is 33.1 Å². The van der Waals surface area contributed by atoms with Crippen molar-refractivity contribution < 1.29 is 14.4 Å². The molecule has 1 amide bonds. The molecule has 0 aliphatic rings. The van der Waals surface area contributed by atoms with Gasteiger partial charge in [-0.25, -0.2) is 4.79 Å². The quantitative estimate of drug-likeness (QED) is 0.404. The van der Waals surface area contributed by atoms with E-state index in [2.05, 4.69) is 10.5 Å². The number of aromatic nitrogens is 1. The van der Waals surface area contributed by atoms with Gasteiger partial charge in [0.1, 0.15) is 0 Å². The summed E-state index contributed by atoms with van der Waals surface area (Å²) in [4.78, 5) is 25.6. The molecule has 34 heavy (non-hydrogen) atoms. The highest BCUT2D eigenvalue weighted by Crippen LogP contribution is 2.31. The zero-order valence-corrected chi connectivity index (χ0v) is 18.5. The number of aryl methyl sites for hydroxylation is 1. The van der Waals surface area contributed by atoms with Crippen molar-refractivity contribution in [3.05, 3.63) is 118 Å². The summed E-state index contributed by atoms with van der Waals surface area (Å²) in [6, 6.07) is 27.5. The molecule has 0 aliphatic carbocycles. The van der Waals surface area contributed by atoms with Gasteiger partial charge in [-0.2, -0.15) is 0 Å². The molecule has 1 atom stereocenters. The number of aliphatic hydroxyl groups is 1. The highest BCUT2D eigenvalue weighted by atomic mass is 16.5. The van der Waals surface area contributed by atoms with Crippen molar-refractivity contribution in [1.82, 2.24) is 5.16 Å². The van der Waals surface area contributed by atoms with Gasteiger partial charge < -0.3 is 14.9 Å². The highest BCUT2D eigenvalue weighted by Gasteiger charge is 2.38. The molecule has 6 nitrogen and oxygen atoms in total. The van der Waals surface area contributed by atoms with E-state index in [9.17, 15) is 14.7 Å². The second-order valence-corrected chi connectivity index (χ2v) is 8.31. The van der Waals surface area contributed by atoms with Crippen molar-refractivity contribution in [2.45, 2.75) is 18.9 Å². The number of nitrogens with zero attached hydrogens (tertiary/aromatic N) is 1. The van der Waals surface area contributed by atoms with Crippen LogP contribution < -0.4 is 10.9 Å². The Morgan fingerprint density at radius 3 is 2.47 bits per heavy atom. The number of rotatable bonds is 5. The summed E-state index contributed by atoms with van der Waals surface area (Å²) in [6.07, 6.45) is 0.0853. The van der Waals surface area contributed by atoms with Crippen LogP contribution in [0.15, 0.2) is 100 Å². The Morgan fingerprint density at radius 2 is 1.65 bits per heavy atom. The van der Waals surface area contributed by atoms with Crippen molar-refractivity contribution in [3.8, 4) is 0 Å². The number of carbonyl (C=O) groups is 1. The van der Waals surface area contributed by atoms with Crippen molar-refractivity contribution in [1.29, 1.82) is 0 Å². The lowest BCUT2D eigenvalue weighted by molar-refractivity contribution is -0.135. The van der Waals surface area contributed by atoms with E-state index in [1.807, 2.05) is 48.5 Å². The highest BCUT2D eigenvalue weighted by molar-refractivity contribution is 6.00. The summed E-state index contributed by atoms with van der Waals surface area (Å²) in [5.41, 5.74) is -0.0608. The maximum atomic E-state index is 13.6.